The fraction of sp³-hybridized carbons (Fsp3) is 0.533. The van der Waals surface area contributed by atoms with Gasteiger partial charge in [-0.1, -0.05) is 12.1 Å². The molecule has 2 aliphatic heterocycles. The van der Waals surface area contributed by atoms with Crippen LogP contribution in [0.2, 0.25) is 0 Å². The second-order valence-corrected chi connectivity index (χ2v) is 5.36. The SMILES string of the molecule is CNC(c1ccc2c(c1)CC(=O)N2)C1CCOCC1. The van der Waals surface area contributed by atoms with Crippen LogP contribution in [-0.2, 0) is 16.0 Å². The third kappa shape index (κ3) is 2.51. The molecule has 1 unspecified atom stereocenters. The highest BCUT2D eigenvalue weighted by Crippen LogP contribution is 2.33. The molecule has 0 radical (unpaired) electrons. The Bertz CT molecular complexity index is 481. The minimum atomic E-state index is 0.0965. The first kappa shape index (κ1) is 12.6. The van der Waals surface area contributed by atoms with Crippen LogP contribution in [-0.4, -0.2) is 26.2 Å². The molecule has 19 heavy (non-hydrogen) atoms. The minimum Gasteiger partial charge on any atom is -0.381 e. The Morgan fingerprint density at radius 2 is 2.16 bits per heavy atom. The van der Waals surface area contributed by atoms with E-state index in [4.69, 9.17) is 4.74 Å². The molecular weight excluding hydrogens is 240 g/mol. The number of anilines is 1. The quantitative estimate of drug-likeness (QED) is 0.872. The van der Waals surface area contributed by atoms with E-state index < -0.39 is 0 Å². The Morgan fingerprint density at radius 1 is 1.37 bits per heavy atom. The Hall–Kier alpha value is -1.39. The third-order valence-electron chi connectivity index (χ3n) is 4.16. The molecule has 1 aromatic rings. The number of fused-ring (bicyclic) bond motifs is 1. The van der Waals surface area contributed by atoms with Crippen molar-refractivity contribution in [2.45, 2.75) is 25.3 Å². The Morgan fingerprint density at radius 3 is 2.89 bits per heavy atom. The van der Waals surface area contributed by atoms with Crippen molar-refractivity contribution in [3.8, 4) is 0 Å². The smallest absolute Gasteiger partial charge is 0.228 e. The van der Waals surface area contributed by atoms with Crippen LogP contribution < -0.4 is 10.6 Å². The summed E-state index contributed by atoms with van der Waals surface area (Å²) in [7, 11) is 2.01. The molecular formula is C15H20N2O2. The number of benzene rings is 1. The van der Waals surface area contributed by atoms with Crippen molar-refractivity contribution in [1.82, 2.24) is 5.32 Å². The fourth-order valence-corrected chi connectivity index (χ4v) is 3.17. The van der Waals surface area contributed by atoms with Crippen molar-refractivity contribution in [2.75, 3.05) is 25.6 Å². The van der Waals surface area contributed by atoms with Crippen molar-refractivity contribution >= 4 is 11.6 Å². The number of carbonyl (C=O) groups is 1. The predicted octanol–water partition coefficient (Wildman–Crippen LogP) is 1.87. The molecule has 3 rings (SSSR count). The van der Waals surface area contributed by atoms with Gasteiger partial charge in [0.25, 0.3) is 0 Å². The molecule has 1 atom stereocenters. The molecule has 2 aliphatic rings. The Kier molecular flexibility index (Phi) is 3.53. The molecule has 2 N–H and O–H groups in total. The van der Waals surface area contributed by atoms with Gasteiger partial charge in [0.1, 0.15) is 0 Å². The molecule has 1 fully saturated rings. The highest BCUT2D eigenvalue weighted by molar-refractivity contribution is 5.99. The number of carbonyl (C=O) groups excluding carboxylic acids is 1. The second-order valence-electron chi connectivity index (χ2n) is 5.36. The lowest BCUT2D eigenvalue weighted by Gasteiger charge is -2.30. The van der Waals surface area contributed by atoms with Crippen molar-refractivity contribution in [3.63, 3.8) is 0 Å². The van der Waals surface area contributed by atoms with E-state index in [-0.39, 0.29) is 5.91 Å². The summed E-state index contributed by atoms with van der Waals surface area (Å²) >= 11 is 0. The van der Waals surface area contributed by atoms with Crippen molar-refractivity contribution < 1.29 is 9.53 Å². The summed E-state index contributed by atoms with van der Waals surface area (Å²) in [5.74, 6) is 0.709. The maximum atomic E-state index is 11.4. The standard InChI is InChI=1S/C15H20N2O2/c1-16-15(10-4-6-19-7-5-10)11-2-3-13-12(8-11)9-14(18)17-13/h2-3,8,10,15-16H,4-7,9H2,1H3,(H,17,18). The second kappa shape index (κ2) is 5.31. The van der Waals surface area contributed by atoms with Gasteiger partial charge in [-0.05, 0) is 43.0 Å². The molecule has 4 nitrogen and oxygen atoms in total. The van der Waals surface area contributed by atoms with Gasteiger partial charge in [0.15, 0.2) is 0 Å². The van der Waals surface area contributed by atoms with Gasteiger partial charge >= 0.3 is 0 Å². The van der Waals surface area contributed by atoms with Gasteiger partial charge < -0.3 is 15.4 Å². The van der Waals surface area contributed by atoms with Gasteiger partial charge in [-0.3, -0.25) is 4.79 Å². The van der Waals surface area contributed by atoms with E-state index in [1.807, 2.05) is 13.1 Å². The largest absolute Gasteiger partial charge is 0.381 e. The van der Waals surface area contributed by atoms with Crippen molar-refractivity contribution in [2.24, 2.45) is 5.92 Å². The van der Waals surface area contributed by atoms with Gasteiger partial charge in [-0.2, -0.15) is 0 Å². The van der Waals surface area contributed by atoms with E-state index in [0.29, 0.717) is 18.4 Å². The molecule has 4 heteroatoms. The lowest BCUT2D eigenvalue weighted by molar-refractivity contribution is -0.115. The summed E-state index contributed by atoms with van der Waals surface area (Å²) in [5.41, 5.74) is 3.37. The lowest BCUT2D eigenvalue weighted by atomic mass is 9.86. The number of hydrogen-bond donors (Lipinski definition) is 2. The number of amides is 1. The van der Waals surface area contributed by atoms with Crippen LogP contribution in [0.1, 0.15) is 30.0 Å². The zero-order valence-electron chi connectivity index (χ0n) is 11.2. The molecule has 1 aromatic carbocycles. The van der Waals surface area contributed by atoms with Crippen LogP contribution in [0, 0.1) is 5.92 Å². The van der Waals surface area contributed by atoms with Crippen molar-refractivity contribution in [1.29, 1.82) is 0 Å². The van der Waals surface area contributed by atoms with Crippen molar-refractivity contribution in [3.05, 3.63) is 29.3 Å². The molecule has 0 saturated carbocycles. The summed E-state index contributed by atoms with van der Waals surface area (Å²) in [6, 6.07) is 6.68. The summed E-state index contributed by atoms with van der Waals surface area (Å²) < 4.78 is 5.44. The molecule has 102 valence electrons. The fourth-order valence-electron chi connectivity index (χ4n) is 3.17. The van der Waals surface area contributed by atoms with Crippen LogP contribution in [0.3, 0.4) is 0 Å². The van der Waals surface area contributed by atoms with Crippen LogP contribution in [0.15, 0.2) is 18.2 Å². The predicted molar refractivity (Wildman–Crippen MR) is 74.1 cm³/mol. The topological polar surface area (TPSA) is 50.4 Å². The summed E-state index contributed by atoms with van der Waals surface area (Å²) in [4.78, 5) is 11.4. The first-order valence-corrected chi connectivity index (χ1v) is 6.95. The Labute approximate surface area is 113 Å². The molecule has 2 heterocycles. The molecule has 0 spiro atoms. The van der Waals surface area contributed by atoms with E-state index in [1.54, 1.807) is 0 Å². The maximum Gasteiger partial charge on any atom is 0.228 e. The lowest BCUT2D eigenvalue weighted by Crippen LogP contribution is -2.30. The zero-order chi connectivity index (χ0) is 13.2. The van der Waals surface area contributed by atoms with Gasteiger partial charge in [0.2, 0.25) is 5.91 Å². The van der Waals surface area contributed by atoms with Crippen LogP contribution >= 0.6 is 0 Å². The van der Waals surface area contributed by atoms with Gasteiger partial charge in [-0.15, -0.1) is 0 Å². The number of rotatable bonds is 3. The first-order chi connectivity index (χ1) is 9.28. The highest BCUT2D eigenvalue weighted by atomic mass is 16.5. The molecule has 1 saturated heterocycles. The van der Waals surface area contributed by atoms with E-state index in [9.17, 15) is 4.79 Å². The summed E-state index contributed by atoms with van der Waals surface area (Å²) in [6.07, 6.45) is 2.70. The first-order valence-electron chi connectivity index (χ1n) is 6.95. The van der Waals surface area contributed by atoms with Gasteiger partial charge in [0.05, 0.1) is 6.42 Å². The average molecular weight is 260 g/mol. The number of ether oxygens (including phenoxy) is 1. The monoisotopic (exact) mass is 260 g/mol. The van der Waals surface area contributed by atoms with E-state index in [0.717, 1.165) is 37.3 Å². The third-order valence-corrected chi connectivity index (χ3v) is 4.16. The summed E-state index contributed by atoms with van der Waals surface area (Å²) in [5, 5.41) is 6.31. The number of nitrogens with one attached hydrogen (secondary N) is 2. The van der Waals surface area contributed by atoms with Crippen LogP contribution in [0.5, 0.6) is 0 Å². The Balaban J connectivity index is 1.83. The van der Waals surface area contributed by atoms with Gasteiger partial charge in [0, 0.05) is 24.9 Å². The zero-order valence-corrected chi connectivity index (χ0v) is 11.2. The van der Waals surface area contributed by atoms with Crippen LogP contribution in [0.25, 0.3) is 0 Å². The average Bonchev–Trinajstić information content (AvgIpc) is 2.80. The van der Waals surface area contributed by atoms with E-state index in [2.05, 4.69) is 22.8 Å². The van der Waals surface area contributed by atoms with Gasteiger partial charge in [-0.25, -0.2) is 0 Å². The summed E-state index contributed by atoms with van der Waals surface area (Å²) in [6.45, 7) is 1.71. The van der Waals surface area contributed by atoms with E-state index in [1.165, 1.54) is 5.56 Å². The number of hydrogen-bond acceptors (Lipinski definition) is 3. The maximum absolute atomic E-state index is 11.4. The molecule has 0 bridgehead atoms. The normalized spacial score (nSPS) is 21.0. The minimum absolute atomic E-state index is 0.0965. The molecule has 0 aromatic heterocycles. The molecule has 1 amide bonds. The molecule has 0 aliphatic carbocycles. The van der Waals surface area contributed by atoms with Crippen LogP contribution in [0.4, 0.5) is 5.69 Å². The highest BCUT2D eigenvalue weighted by Gasteiger charge is 2.26. The van der Waals surface area contributed by atoms with E-state index >= 15 is 0 Å².